The molecule has 5 heteroatoms. The van der Waals surface area contributed by atoms with Gasteiger partial charge >= 0.3 is 0 Å². The number of hydrogen-bond donors (Lipinski definition) is 0. The fourth-order valence-corrected chi connectivity index (χ4v) is 1.74. The van der Waals surface area contributed by atoms with Gasteiger partial charge in [0, 0.05) is 11.8 Å². The Morgan fingerprint density at radius 3 is 2.22 bits per heavy atom. The highest BCUT2D eigenvalue weighted by Crippen LogP contribution is 2.36. The Morgan fingerprint density at radius 1 is 1.11 bits per heavy atom. The van der Waals surface area contributed by atoms with Crippen molar-refractivity contribution in [2.75, 3.05) is 14.2 Å². The number of ether oxygens (including phenoxy) is 2. The van der Waals surface area contributed by atoms with Gasteiger partial charge in [0.15, 0.2) is 5.82 Å². The normalized spacial score (nSPS) is 10.2. The average molecular weight is 265 g/mol. The van der Waals surface area contributed by atoms with Crippen molar-refractivity contribution >= 4 is 11.6 Å². The Morgan fingerprint density at radius 2 is 1.72 bits per heavy atom. The minimum atomic E-state index is 0.424. The molecule has 2 aromatic rings. The van der Waals surface area contributed by atoms with E-state index in [1.807, 2.05) is 25.1 Å². The second-order valence-corrected chi connectivity index (χ2v) is 4.06. The van der Waals surface area contributed by atoms with Gasteiger partial charge in [0.05, 0.1) is 14.2 Å². The summed E-state index contributed by atoms with van der Waals surface area (Å²) in [6.45, 7) is 1.85. The van der Waals surface area contributed by atoms with Gasteiger partial charge in [-0.1, -0.05) is 17.7 Å². The smallest absolute Gasteiger partial charge is 0.168 e. The molecule has 1 aromatic carbocycles. The number of rotatable bonds is 3. The molecule has 0 unspecified atom stereocenters. The van der Waals surface area contributed by atoms with Gasteiger partial charge in [-0.05, 0) is 19.1 Å². The quantitative estimate of drug-likeness (QED) is 0.799. The third-order valence-corrected chi connectivity index (χ3v) is 2.94. The van der Waals surface area contributed by atoms with Crippen molar-refractivity contribution in [3.63, 3.8) is 0 Å². The molecule has 0 radical (unpaired) electrons. The average Bonchev–Trinajstić information content (AvgIpc) is 2.41. The molecule has 18 heavy (non-hydrogen) atoms. The van der Waals surface area contributed by atoms with Crippen LogP contribution in [0.1, 0.15) is 5.56 Å². The lowest BCUT2D eigenvalue weighted by atomic mass is 10.1. The maximum atomic E-state index is 6.02. The zero-order valence-corrected chi connectivity index (χ0v) is 11.2. The van der Waals surface area contributed by atoms with Crippen molar-refractivity contribution in [2.24, 2.45) is 0 Å². The van der Waals surface area contributed by atoms with Crippen LogP contribution in [0.3, 0.4) is 0 Å². The summed E-state index contributed by atoms with van der Waals surface area (Å²) in [4.78, 5) is 8.53. The molecule has 0 atom stereocenters. The summed E-state index contributed by atoms with van der Waals surface area (Å²) in [5.41, 5.74) is 1.53. The van der Waals surface area contributed by atoms with Crippen molar-refractivity contribution in [2.45, 2.75) is 6.92 Å². The van der Waals surface area contributed by atoms with Crippen molar-refractivity contribution in [1.82, 2.24) is 9.97 Å². The first kappa shape index (κ1) is 12.6. The Balaban J connectivity index is 2.64. The fraction of sp³-hybridized carbons (Fsp3) is 0.231. The minimum Gasteiger partial charge on any atom is -0.496 e. The number of hydrogen-bond acceptors (Lipinski definition) is 4. The molecule has 0 aliphatic rings. The summed E-state index contributed by atoms with van der Waals surface area (Å²) in [5.74, 6) is 1.78. The van der Waals surface area contributed by atoms with Gasteiger partial charge in [0.2, 0.25) is 0 Å². The van der Waals surface area contributed by atoms with E-state index in [1.54, 1.807) is 20.4 Å². The van der Waals surface area contributed by atoms with E-state index < -0.39 is 0 Å². The summed E-state index contributed by atoms with van der Waals surface area (Å²) in [6, 6.07) is 5.50. The molecule has 2 rings (SSSR count). The fourth-order valence-electron chi connectivity index (χ4n) is 1.61. The van der Waals surface area contributed by atoms with Crippen molar-refractivity contribution in [1.29, 1.82) is 0 Å². The predicted octanol–water partition coefficient (Wildman–Crippen LogP) is 3.12. The molecule has 0 amide bonds. The van der Waals surface area contributed by atoms with Crippen LogP contribution in [0.15, 0.2) is 24.4 Å². The summed E-state index contributed by atoms with van der Waals surface area (Å²) < 4.78 is 10.6. The molecule has 0 bridgehead atoms. The van der Waals surface area contributed by atoms with E-state index in [0.29, 0.717) is 28.0 Å². The molecule has 0 aliphatic heterocycles. The van der Waals surface area contributed by atoms with Crippen LogP contribution in [-0.4, -0.2) is 24.2 Å². The monoisotopic (exact) mass is 264 g/mol. The van der Waals surface area contributed by atoms with Crippen LogP contribution in [-0.2, 0) is 0 Å². The molecule has 0 fully saturated rings. The maximum Gasteiger partial charge on any atom is 0.168 e. The second kappa shape index (κ2) is 5.23. The molecule has 0 aliphatic carbocycles. The largest absolute Gasteiger partial charge is 0.496 e. The molecule has 0 saturated heterocycles. The number of aromatic nitrogens is 2. The first-order valence-electron chi connectivity index (χ1n) is 5.38. The third-order valence-electron chi connectivity index (χ3n) is 2.56. The second-order valence-electron chi connectivity index (χ2n) is 3.70. The molecule has 1 aromatic heterocycles. The first-order valence-corrected chi connectivity index (χ1v) is 5.75. The first-order chi connectivity index (χ1) is 8.67. The predicted molar refractivity (Wildman–Crippen MR) is 70.3 cm³/mol. The molecule has 1 heterocycles. The van der Waals surface area contributed by atoms with E-state index >= 15 is 0 Å². The van der Waals surface area contributed by atoms with Crippen LogP contribution in [0.25, 0.3) is 11.4 Å². The van der Waals surface area contributed by atoms with Gasteiger partial charge < -0.3 is 9.47 Å². The van der Waals surface area contributed by atoms with E-state index in [1.165, 1.54) is 0 Å². The van der Waals surface area contributed by atoms with Gasteiger partial charge in [-0.15, -0.1) is 0 Å². The van der Waals surface area contributed by atoms with Crippen LogP contribution in [0.2, 0.25) is 5.15 Å². The number of halogens is 1. The summed E-state index contributed by atoms with van der Waals surface area (Å²) in [7, 11) is 3.18. The van der Waals surface area contributed by atoms with Gasteiger partial charge in [0.25, 0.3) is 0 Å². The highest BCUT2D eigenvalue weighted by molar-refractivity contribution is 6.30. The maximum absolute atomic E-state index is 6.02. The van der Waals surface area contributed by atoms with Gasteiger partial charge in [-0.3, -0.25) is 0 Å². The molecular weight excluding hydrogens is 252 g/mol. The molecule has 0 N–H and O–H groups in total. The highest BCUT2D eigenvalue weighted by Gasteiger charge is 2.15. The van der Waals surface area contributed by atoms with Crippen molar-refractivity contribution in [3.8, 4) is 22.9 Å². The van der Waals surface area contributed by atoms with Crippen LogP contribution in [0, 0.1) is 6.92 Å². The molecule has 0 spiro atoms. The molecular formula is C13H13ClN2O2. The number of benzene rings is 1. The summed E-state index contributed by atoms with van der Waals surface area (Å²) in [6.07, 6.45) is 1.68. The molecule has 0 saturated carbocycles. The van der Waals surface area contributed by atoms with Crippen molar-refractivity contribution < 1.29 is 9.47 Å². The zero-order chi connectivity index (χ0) is 13.1. The van der Waals surface area contributed by atoms with Crippen LogP contribution in [0.4, 0.5) is 0 Å². The SMILES string of the molecule is COc1cccc(OC)c1-c1ncc(C)c(Cl)n1. The Bertz CT molecular complexity index is 551. The molecule has 94 valence electrons. The van der Waals surface area contributed by atoms with Gasteiger partial charge in [-0.2, -0.15) is 0 Å². The number of nitrogens with zero attached hydrogens (tertiary/aromatic N) is 2. The van der Waals surface area contributed by atoms with Crippen LogP contribution < -0.4 is 9.47 Å². The van der Waals surface area contributed by atoms with E-state index in [-0.39, 0.29) is 0 Å². The summed E-state index contributed by atoms with van der Waals surface area (Å²) >= 11 is 6.02. The Kier molecular flexibility index (Phi) is 3.67. The van der Waals surface area contributed by atoms with E-state index in [9.17, 15) is 0 Å². The lowest BCUT2D eigenvalue weighted by Gasteiger charge is -2.12. The van der Waals surface area contributed by atoms with E-state index in [2.05, 4.69) is 9.97 Å². The highest BCUT2D eigenvalue weighted by atomic mass is 35.5. The summed E-state index contributed by atoms with van der Waals surface area (Å²) in [5, 5.41) is 0.424. The van der Waals surface area contributed by atoms with E-state index in [4.69, 9.17) is 21.1 Å². The number of methoxy groups -OCH3 is 2. The topological polar surface area (TPSA) is 44.2 Å². The van der Waals surface area contributed by atoms with Crippen molar-refractivity contribution in [3.05, 3.63) is 35.1 Å². The zero-order valence-electron chi connectivity index (χ0n) is 10.4. The Labute approximate surface area is 111 Å². The van der Waals surface area contributed by atoms with Gasteiger partial charge in [-0.25, -0.2) is 9.97 Å². The van der Waals surface area contributed by atoms with Crippen LogP contribution >= 0.6 is 11.6 Å². The van der Waals surface area contributed by atoms with Gasteiger partial charge in [0.1, 0.15) is 22.2 Å². The standard InChI is InChI=1S/C13H13ClN2O2/c1-8-7-15-13(16-12(8)14)11-9(17-2)5-4-6-10(11)18-3/h4-7H,1-3H3. The third kappa shape index (κ3) is 2.24. The lowest BCUT2D eigenvalue weighted by Crippen LogP contribution is -1.97. The van der Waals surface area contributed by atoms with E-state index in [0.717, 1.165) is 5.56 Å². The molecule has 4 nitrogen and oxygen atoms in total. The van der Waals surface area contributed by atoms with Crippen LogP contribution in [0.5, 0.6) is 11.5 Å². The lowest BCUT2D eigenvalue weighted by molar-refractivity contribution is 0.397. The number of aryl methyl sites for hydroxylation is 1. The Hall–Kier alpha value is -1.81. The minimum absolute atomic E-state index is 0.424.